The van der Waals surface area contributed by atoms with Crippen molar-refractivity contribution in [3.05, 3.63) is 77.5 Å². The van der Waals surface area contributed by atoms with Gasteiger partial charge in [-0.15, -0.1) is 0 Å². The summed E-state index contributed by atoms with van der Waals surface area (Å²) in [6.07, 6.45) is 6.89. The predicted molar refractivity (Wildman–Crippen MR) is 107 cm³/mol. The smallest absolute Gasteiger partial charge is 0.247 e. The van der Waals surface area contributed by atoms with Gasteiger partial charge in [-0.05, 0) is 42.0 Å². The van der Waals surface area contributed by atoms with E-state index in [1.165, 1.54) is 13.0 Å². The summed E-state index contributed by atoms with van der Waals surface area (Å²) in [6, 6.07) is 12.9. The predicted octanol–water partition coefficient (Wildman–Crippen LogP) is 5.25. The molecular weight excluding hydrogens is 348 g/mol. The molecule has 0 fully saturated rings. The molecule has 0 saturated heterocycles. The maximum Gasteiger partial charge on any atom is 0.247 e. The SMILES string of the molecule is C=CC(=O)Nc1ccc2c(c1)c(C=Cc1ccc(Cl)cc1)cn2C(C)=O. The second kappa shape index (κ2) is 7.42. The highest BCUT2D eigenvalue weighted by Crippen LogP contribution is 2.27. The Kier molecular flexibility index (Phi) is 5.05. The first-order chi connectivity index (χ1) is 12.5. The van der Waals surface area contributed by atoms with Crippen LogP contribution in [-0.2, 0) is 4.79 Å². The zero-order chi connectivity index (χ0) is 18.7. The third-order valence-corrected chi connectivity index (χ3v) is 4.20. The van der Waals surface area contributed by atoms with Gasteiger partial charge in [-0.3, -0.25) is 14.2 Å². The van der Waals surface area contributed by atoms with Crippen LogP contribution in [0.1, 0.15) is 22.8 Å². The largest absolute Gasteiger partial charge is 0.323 e. The number of amides is 1. The zero-order valence-electron chi connectivity index (χ0n) is 14.2. The van der Waals surface area contributed by atoms with Crippen molar-refractivity contribution in [2.24, 2.45) is 0 Å². The molecule has 0 aliphatic heterocycles. The molecule has 0 radical (unpaired) electrons. The van der Waals surface area contributed by atoms with Crippen molar-refractivity contribution in [3.8, 4) is 0 Å². The van der Waals surface area contributed by atoms with Crippen LogP contribution in [0.5, 0.6) is 0 Å². The third kappa shape index (κ3) is 3.76. The van der Waals surface area contributed by atoms with Crippen LogP contribution in [-0.4, -0.2) is 16.4 Å². The molecule has 0 unspecified atom stereocenters. The average molecular weight is 365 g/mol. The molecular formula is C21H17ClN2O2. The number of halogens is 1. The molecule has 0 atom stereocenters. The molecule has 26 heavy (non-hydrogen) atoms. The lowest BCUT2D eigenvalue weighted by Crippen LogP contribution is -2.07. The van der Waals surface area contributed by atoms with Gasteiger partial charge in [0.25, 0.3) is 0 Å². The van der Waals surface area contributed by atoms with E-state index in [0.717, 1.165) is 22.0 Å². The summed E-state index contributed by atoms with van der Waals surface area (Å²) in [4.78, 5) is 23.5. The number of benzene rings is 2. The molecule has 1 amide bonds. The molecule has 0 aliphatic rings. The Morgan fingerprint density at radius 2 is 1.85 bits per heavy atom. The summed E-state index contributed by atoms with van der Waals surface area (Å²) < 4.78 is 1.59. The van der Waals surface area contributed by atoms with Crippen molar-refractivity contribution in [1.29, 1.82) is 0 Å². The Labute approximate surface area is 156 Å². The van der Waals surface area contributed by atoms with Gasteiger partial charge in [-0.2, -0.15) is 0 Å². The zero-order valence-corrected chi connectivity index (χ0v) is 15.0. The van der Waals surface area contributed by atoms with Crippen molar-refractivity contribution >= 4 is 52.2 Å². The molecule has 0 saturated carbocycles. The van der Waals surface area contributed by atoms with Crippen LogP contribution in [0, 0.1) is 0 Å². The second-order valence-electron chi connectivity index (χ2n) is 5.78. The van der Waals surface area contributed by atoms with E-state index in [1.54, 1.807) is 16.8 Å². The van der Waals surface area contributed by atoms with Crippen LogP contribution in [0.4, 0.5) is 5.69 Å². The molecule has 5 heteroatoms. The Morgan fingerprint density at radius 3 is 2.50 bits per heavy atom. The highest BCUT2D eigenvalue weighted by atomic mass is 35.5. The van der Waals surface area contributed by atoms with Gasteiger partial charge in [-0.1, -0.05) is 42.5 Å². The number of carbonyl (C=O) groups is 2. The molecule has 4 nitrogen and oxygen atoms in total. The first-order valence-corrected chi connectivity index (χ1v) is 8.39. The molecule has 130 valence electrons. The number of aromatic nitrogens is 1. The van der Waals surface area contributed by atoms with E-state index in [1.807, 2.05) is 48.6 Å². The van der Waals surface area contributed by atoms with Gasteiger partial charge in [0.2, 0.25) is 11.8 Å². The maximum absolute atomic E-state index is 11.9. The number of anilines is 1. The van der Waals surface area contributed by atoms with Crippen LogP contribution >= 0.6 is 11.6 Å². The fourth-order valence-electron chi connectivity index (χ4n) is 2.68. The Balaban J connectivity index is 2.05. The molecule has 3 rings (SSSR count). The summed E-state index contributed by atoms with van der Waals surface area (Å²) in [5, 5.41) is 4.29. The fraction of sp³-hybridized carbons (Fsp3) is 0.0476. The highest BCUT2D eigenvalue weighted by molar-refractivity contribution is 6.30. The average Bonchev–Trinajstić information content (AvgIpc) is 2.99. The van der Waals surface area contributed by atoms with Crippen molar-refractivity contribution in [2.45, 2.75) is 6.92 Å². The lowest BCUT2D eigenvalue weighted by Gasteiger charge is -2.04. The lowest BCUT2D eigenvalue weighted by molar-refractivity contribution is -0.111. The first-order valence-electron chi connectivity index (χ1n) is 8.01. The van der Waals surface area contributed by atoms with E-state index in [4.69, 9.17) is 11.6 Å². The number of nitrogens with zero attached hydrogens (tertiary/aromatic N) is 1. The number of nitrogens with one attached hydrogen (secondary N) is 1. The van der Waals surface area contributed by atoms with E-state index in [2.05, 4.69) is 11.9 Å². The number of hydrogen-bond donors (Lipinski definition) is 1. The summed E-state index contributed by atoms with van der Waals surface area (Å²) in [7, 11) is 0. The van der Waals surface area contributed by atoms with E-state index >= 15 is 0 Å². The highest BCUT2D eigenvalue weighted by Gasteiger charge is 2.11. The Morgan fingerprint density at radius 1 is 1.12 bits per heavy atom. The first kappa shape index (κ1) is 17.7. The molecule has 3 aromatic rings. The minimum atomic E-state index is -0.284. The van der Waals surface area contributed by atoms with Gasteiger partial charge in [0, 0.05) is 34.8 Å². The van der Waals surface area contributed by atoms with Crippen LogP contribution in [0.25, 0.3) is 23.1 Å². The molecule has 0 aliphatic carbocycles. The quantitative estimate of drug-likeness (QED) is 0.643. The minimum absolute atomic E-state index is 0.0796. The van der Waals surface area contributed by atoms with Gasteiger partial charge in [-0.25, -0.2) is 0 Å². The van der Waals surface area contributed by atoms with Gasteiger partial charge < -0.3 is 5.32 Å². The topological polar surface area (TPSA) is 51.1 Å². The van der Waals surface area contributed by atoms with E-state index < -0.39 is 0 Å². The van der Waals surface area contributed by atoms with Crippen molar-refractivity contribution in [1.82, 2.24) is 4.57 Å². The van der Waals surface area contributed by atoms with Gasteiger partial charge in [0.15, 0.2) is 0 Å². The molecule has 2 aromatic carbocycles. The van der Waals surface area contributed by atoms with E-state index in [9.17, 15) is 9.59 Å². The van der Waals surface area contributed by atoms with E-state index in [0.29, 0.717) is 10.7 Å². The van der Waals surface area contributed by atoms with Gasteiger partial charge >= 0.3 is 0 Å². The molecule has 0 bridgehead atoms. The van der Waals surface area contributed by atoms with Crippen LogP contribution in [0.3, 0.4) is 0 Å². The van der Waals surface area contributed by atoms with Crippen molar-refractivity contribution < 1.29 is 9.59 Å². The summed E-state index contributed by atoms with van der Waals surface area (Å²) in [6.45, 7) is 4.97. The number of fused-ring (bicyclic) bond motifs is 1. The standard InChI is InChI=1S/C21H17ClN2O2/c1-3-21(26)23-18-10-11-20-19(12-18)16(13-24(20)14(2)25)7-4-15-5-8-17(22)9-6-15/h3-13H,1H2,2H3,(H,23,26). The monoisotopic (exact) mass is 364 g/mol. The minimum Gasteiger partial charge on any atom is -0.323 e. The molecule has 1 N–H and O–H groups in total. The van der Waals surface area contributed by atoms with Crippen LogP contribution in [0.2, 0.25) is 5.02 Å². The second-order valence-corrected chi connectivity index (χ2v) is 6.22. The van der Waals surface area contributed by atoms with Crippen molar-refractivity contribution in [3.63, 3.8) is 0 Å². The molecule has 0 spiro atoms. The summed E-state index contributed by atoms with van der Waals surface area (Å²) >= 11 is 5.91. The Hall–Kier alpha value is -3.11. The van der Waals surface area contributed by atoms with Crippen molar-refractivity contribution in [2.75, 3.05) is 5.32 Å². The van der Waals surface area contributed by atoms with Gasteiger partial charge in [0.05, 0.1) is 5.52 Å². The van der Waals surface area contributed by atoms with Gasteiger partial charge in [0.1, 0.15) is 0 Å². The Bertz CT molecular complexity index is 1030. The van der Waals surface area contributed by atoms with Crippen LogP contribution in [0.15, 0.2) is 61.3 Å². The fourth-order valence-corrected chi connectivity index (χ4v) is 2.81. The van der Waals surface area contributed by atoms with E-state index in [-0.39, 0.29) is 11.8 Å². The molecule has 1 aromatic heterocycles. The summed E-state index contributed by atoms with van der Waals surface area (Å²) in [5.74, 6) is -0.363. The molecule has 1 heterocycles. The number of rotatable bonds is 4. The number of hydrogen-bond acceptors (Lipinski definition) is 2. The van der Waals surface area contributed by atoms with Crippen LogP contribution < -0.4 is 5.32 Å². The normalized spacial score (nSPS) is 11.0. The summed E-state index contributed by atoms with van der Waals surface area (Å²) in [5.41, 5.74) is 3.30. The lowest BCUT2D eigenvalue weighted by atomic mass is 10.1. The maximum atomic E-state index is 11.9. The third-order valence-electron chi connectivity index (χ3n) is 3.95. The number of carbonyl (C=O) groups excluding carboxylic acids is 2.